The van der Waals surface area contributed by atoms with Crippen LogP contribution in [0.5, 0.6) is 5.75 Å². The second-order valence-electron chi connectivity index (χ2n) is 8.15. The van der Waals surface area contributed by atoms with Gasteiger partial charge in [-0.15, -0.1) is 13.2 Å². The van der Waals surface area contributed by atoms with E-state index < -0.39 is 23.2 Å². The van der Waals surface area contributed by atoms with Crippen molar-refractivity contribution < 1.29 is 22.7 Å². The molecule has 1 aromatic heterocycles. The van der Waals surface area contributed by atoms with Gasteiger partial charge in [0.1, 0.15) is 11.6 Å². The second kappa shape index (κ2) is 9.22. The molecular formula is C22H20ClF3N4O3. The lowest BCUT2D eigenvalue weighted by atomic mass is 9.95. The van der Waals surface area contributed by atoms with E-state index in [-0.39, 0.29) is 34.7 Å². The highest BCUT2D eigenvalue weighted by Crippen LogP contribution is 2.29. The molecule has 2 aromatic carbocycles. The van der Waals surface area contributed by atoms with E-state index in [2.05, 4.69) is 25.0 Å². The van der Waals surface area contributed by atoms with Crippen molar-refractivity contribution in [1.82, 2.24) is 20.3 Å². The molecule has 3 aromatic rings. The zero-order valence-electron chi connectivity index (χ0n) is 17.9. The number of benzene rings is 2. The summed E-state index contributed by atoms with van der Waals surface area (Å²) in [6.07, 6.45) is -4.87. The minimum Gasteiger partial charge on any atom is -0.406 e. The summed E-state index contributed by atoms with van der Waals surface area (Å²) < 4.78 is 41.5. The first kappa shape index (κ1) is 24.2. The molecule has 1 heterocycles. The minimum absolute atomic E-state index is 0.0705. The van der Waals surface area contributed by atoms with Gasteiger partial charge in [0.2, 0.25) is 5.91 Å². The van der Waals surface area contributed by atoms with Crippen LogP contribution < -0.4 is 15.7 Å². The summed E-state index contributed by atoms with van der Waals surface area (Å²) in [7, 11) is 0. The van der Waals surface area contributed by atoms with E-state index in [1.807, 2.05) is 0 Å². The highest BCUT2D eigenvalue weighted by molar-refractivity contribution is 6.33. The monoisotopic (exact) mass is 480 g/mol. The van der Waals surface area contributed by atoms with E-state index in [4.69, 9.17) is 11.6 Å². The number of nitrogens with one attached hydrogen (secondary N) is 2. The number of carbonyl (C=O) groups excluding carboxylic acids is 1. The van der Waals surface area contributed by atoms with Crippen LogP contribution in [0, 0.1) is 5.41 Å². The molecule has 174 valence electrons. The van der Waals surface area contributed by atoms with Gasteiger partial charge in [0.05, 0.1) is 5.02 Å². The molecule has 0 aliphatic heterocycles. The molecule has 0 saturated heterocycles. The summed E-state index contributed by atoms with van der Waals surface area (Å²) in [6.45, 7) is 5.59. The van der Waals surface area contributed by atoms with Crippen LogP contribution in [0.1, 0.15) is 26.3 Å². The third-order valence-corrected chi connectivity index (χ3v) is 4.73. The molecule has 0 aliphatic carbocycles. The first-order valence-corrected chi connectivity index (χ1v) is 10.1. The van der Waals surface area contributed by atoms with Crippen LogP contribution in [0.3, 0.4) is 0 Å². The molecule has 2 N–H and O–H groups in total. The van der Waals surface area contributed by atoms with Gasteiger partial charge >= 0.3 is 12.1 Å². The summed E-state index contributed by atoms with van der Waals surface area (Å²) in [6, 6.07) is 9.92. The Bertz CT molecular complexity index is 1240. The van der Waals surface area contributed by atoms with Gasteiger partial charge in [-0.2, -0.15) is 4.98 Å². The van der Waals surface area contributed by atoms with Crippen molar-refractivity contribution in [2.45, 2.75) is 33.7 Å². The van der Waals surface area contributed by atoms with Crippen molar-refractivity contribution in [3.8, 4) is 28.5 Å². The number of aromatic amines is 1. The van der Waals surface area contributed by atoms with Gasteiger partial charge in [-0.25, -0.2) is 9.78 Å². The smallest absolute Gasteiger partial charge is 0.406 e. The Hall–Kier alpha value is -3.40. The van der Waals surface area contributed by atoms with Crippen molar-refractivity contribution in [3.63, 3.8) is 0 Å². The number of hydrogen-bond acceptors (Lipinski definition) is 5. The number of rotatable bonds is 5. The fourth-order valence-corrected chi connectivity index (χ4v) is 2.99. The van der Waals surface area contributed by atoms with Crippen LogP contribution in [0.15, 0.2) is 47.3 Å². The predicted molar refractivity (Wildman–Crippen MR) is 117 cm³/mol. The molecule has 1 amide bonds. The SMILES string of the molecule is CC(C)(C)C(=O)NCc1ccc(Cl)c(-c2nc(-c3cccc(OC(F)(F)F)c3)nc(=O)[nH]2)c1. The summed E-state index contributed by atoms with van der Waals surface area (Å²) in [5, 5.41) is 3.09. The third kappa shape index (κ3) is 6.55. The van der Waals surface area contributed by atoms with E-state index in [1.54, 1.807) is 39.0 Å². The van der Waals surface area contributed by atoms with Gasteiger partial charge in [-0.05, 0) is 29.8 Å². The molecule has 7 nitrogen and oxygen atoms in total. The van der Waals surface area contributed by atoms with Gasteiger partial charge < -0.3 is 10.1 Å². The number of aromatic nitrogens is 3. The zero-order valence-corrected chi connectivity index (χ0v) is 18.6. The Kier molecular flexibility index (Phi) is 6.78. The van der Waals surface area contributed by atoms with Crippen molar-refractivity contribution in [2.24, 2.45) is 5.41 Å². The van der Waals surface area contributed by atoms with Gasteiger partial charge in [-0.1, -0.05) is 50.6 Å². The molecular weight excluding hydrogens is 461 g/mol. The summed E-state index contributed by atoms with van der Waals surface area (Å²) in [5.41, 5.74) is -0.114. The van der Waals surface area contributed by atoms with E-state index in [1.165, 1.54) is 12.1 Å². The standard InChI is InChI=1S/C22H20ClF3N4O3/c1-21(2,3)19(31)27-11-12-7-8-16(23)15(9-12)18-28-17(29-20(32)30-18)13-5-4-6-14(10-13)33-22(24,25)26/h4-10H,11H2,1-3H3,(H,27,31)(H,28,29,30,32). The number of carbonyl (C=O) groups is 1. The number of alkyl halides is 3. The van der Waals surface area contributed by atoms with Crippen LogP contribution >= 0.6 is 11.6 Å². The quantitative estimate of drug-likeness (QED) is 0.551. The van der Waals surface area contributed by atoms with Crippen molar-refractivity contribution in [1.29, 1.82) is 0 Å². The Morgan fingerprint density at radius 2 is 1.85 bits per heavy atom. The molecule has 3 rings (SSSR count). The fourth-order valence-electron chi connectivity index (χ4n) is 2.78. The largest absolute Gasteiger partial charge is 0.573 e. The van der Waals surface area contributed by atoms with Crippen LogP contribution in [-0.4, -0.2) is 27.2 Å². The number of amides is 1. The van der Waals surface area contributed by atoms with E-state index in [0.29, 0.717) is 11.1 Å². The molecule has 0 saturated carbocycles. The van der Waals surface area contributed by atoms with Crippen LogP contribution in [-0.2, 0) is 11.3 Å². The normalized spacial score (nSPS) is 11.8. The van der Waals surface area contributed by atoms with E-state index >= 15 is 0 Å². The lowest BCUT2D eigenvalue weighted by Crippen LogP contribution is -2.34. The molecule has 0 radical (unpaired) electrons. The fraction of sp³-hybridized carbons (Fsp3) is 0.273. The van der Waals surface area contributed by atoms with Crippen molar-refractivity contribution in [2.75, 3.05) is 0 Å². The number of H-pyrrole nitrogens is 1. The minimum atomic E-state index is -4.87. The van der Waals surface area contributed by atoms with Crippen LogP contribution in [0.25, 0.3) is 22.8 Å². The highest BCUT2D eigenvalue weighted by Gasteiger charge is 2.31. The Balaban J connectivity index is 1.95. The molecule has 0 fully saturated rings. The molecule has 0 aliphatic rings. The van der Waals surface area contributed by atoms with E-state index in [0.717, 1.165) is 12.1 Å². The molecule has 11 heteroatoms. The lowest BCUT2D eigenvalue weighted by molar-refractivity contribution is -0.274. The maximum absolute atomic E-state index is 12.5. The number of hydrogen-bond donors (Lipinski definition) is 2. The first-order chi connectivity index (χ1) is 15.3. The third-order valence-electron chi connectivity index (χ3n) is 4.40. The number of halogens is 4. The molecule has 33 heavy (non-hydrogen) atoms. The first-order valence-electron chi connectivity index (χ1n) is 9.73. The maximum Gasteiger partial charge on any atom is 0.573 e. The van der Waals surface area contributed by atoms with Crippen LogP contribution in [0.2, 0.25) is 5.02 Å². The topological polar surface area (TPSA) is 97.0 Å². The second-order valence-corrected chi connectivity index (χ2v) is 8.56. The van der Waals surface area contributed by atoms with Crippen molar-refractivity contribution >= 4 is 17.5 Å². The molecule has 0 unspecified atom stereocenters. The molecule has 0 atom stereocenters. The van der Waals surface area contributed by atoms with Crippen LogP contribution in [0.4, 0.5) is 13.2 Å². The zero-order chi connectivity index (χ0) is 24.4. The van der Waals surface area contributed by atoms with Gasteiger partial charge in [0.15, 0.2) is 5.82 Å². The lowest BCUT2D eigenvalue weighted by Gasteiger charge is -2.18. The Morgan fingerprint density at radius 3 is 2.52 bits per heavy atom. The maximum atomic E-state index is 12.5. The number of ether oxygens (including phenoxy) is 1. The molecule has 0 spiro atoms. The highest BCUT2D eigenvalue weighted by atomic mass is 35.5. The van der Waals surface area contributed by atoms with Gasteiger partial charge in [-0.3, -0.25) is 9.78 Å². The number of nitrogens with zero attached hydrogens (tertiary/aromatic N) is 2. The Labute approximate surface area is 192 Å². The van der Waals surface area contributed by atoms with Crippen molar-refractivity contribution in [3.05, 3.63) is 63.5 Å². The molecule has 0 bridgehead atoms. The summed E-state index contributed by atoms with van der Waals surface area (Å²) >= 11 is 6.30. The average molecular weight is 481 g/mol. The van der Waals surface area contributed by atoms with Gasteiger partial charge in [0.25, 0.3) is 0 Å². The van der Waals surface area contributed by atoms with E-state index in [9.17, 15) is 22.8 Å². The summed E-state index contributed by atoms with van der Waals surface area (Å²) in [5.74, 6) is -0.650. The van der Waals surface area contributed by atoms with Gasteiger partial charge in [0, 0.05) is 23.1 Å². The Morgan fingerprint density at radius 1 is 1.12 bits per heavy atom. The summed E-state index contributed by atoms with van der Waals surface area (Å²) in [4.78, 5) is 34.8. The average Bonchev–Trinajstić information content (AvgIpc) is 2.70. The predicted octanol–water partition coefficient (Wildman–Crippen LogP) is 4.71.